The monoisotopic (exact) mass is 487 g/mol. The first-order chi connectivity index (χ1) is 15.0. The molecule has 2 N–H and O–H groups in total. The third kappa shape index (κ3) is 5.64. The summed E-state index contributed by atoms with van der Waals surface area (Å²) in [6, 6.07) is 11.0. The number of esters is 1. The van der Waals surface area contributed by atoms with Crippen LogP contribution in [0.4, 0.5) is 11.5 Å². The van der Waals surface area contributed by atoms with Crippen molar-refractivity contribution in [2.24, 2.45) is 0 Å². The van der Waals surface area contributed by atoms with Gasteiger partial charge in [-0.3, -0.25) is 4.79 Å². The Morgan fingerprint density at radius 1 is 1.23 bits per heavy atom. The lowest BCUT2D eigenvalue weighted by molar-refractivity contribution is -0.142. The average molecular weight is 488 g/mol. The molecule has 0 atom stereocenters. The summed E-state index contributed by atoms with van der Waals surface area (Å²) in [5.74, 6) is 0.922. The molecule has 0 amide bonds. The highest BCUT2D eigenvalue weighted by Crippen LogP contribution is 2.34. The van der Waals surface area contributed by atoms with Crippen molar-refractivity contribution in [1.82, 2.24) is 9.97 Å². The van der Waals surface area contributed by atoms with Crippen molar-refractivity contribution in [2.45, 2.75) is 13.3 Å². The Morgan fingerprint density at radius 3 is 2.81 bits per heavy atom. The van der Waals surface area contributed by atoms with E-state index in [2.05, 4.69) is 36.0 Å². The number of furan rings is 1. The number of carbonyl (C=O) groups is 1. The summed E-state index contributed by atoms with van der Waals surface area (Å²) in [6.45, 7) is 2.28. The second-order valence-corrected chi connectivity index (χ2v) is 7.10. The van der Waals surface area contributed by atoms with Gasteiger partial charge in [-0.15, -0.1) is 0 Å². The Bertz CT molecular complexity index is 1170. The van der Waals surface area contributed by atoms with Gasteiger partial charge in [-0.25, -0.2) is 9.97 Å². The van der Waals surface area contributed by atoms with E-state index in [-0.39, 0.29) is 11.7 Å². The topological polar surface area (TPSA) is 107 Å². The summed E-state index contributed by atoms with van der Waals surface area (Å²) in [6.07, 6.45) is 3.57. The number of aromatic nitrogens is 2. The number of hydrogen-bond donors (Lipinski definition) is 2. The summed E-state index contributed by atoms with van der Waals surface area (Å²) < 4.78 is 15.1. The number of nitrogens with zero attached hydrogens (tertiary/aromatic N) is 2. The number of phenols is 1. The van der Waals surface area contributed by atoms with Gasteiger partial charge in [-0.2, -0.15) is 0 Å². The standard InChI is InChI=1S/C17H13N3O3.C5H9BrO2/c1-22-16-7-12-13(8-14(16)21)18-9-19-17(12)20-11-2-3-15-10(6-11)4-5-23-15;1-2-8-5(7)3-4-6/h2-9,21H,1H3,(H,18,19,20);2-4H2,1H3. The maximum atomic E-state index is 10.4. The average Bonchev–Trinajstić information content (AvgIpc) is 3.22. The van der Waals surface area contributed by atoms with Crippen LogP contribution in [-0.4, -0.2) is 40.1 Å². The molecule has 31 heavy (non-hydrogen) atoms. The van der Waals surface area contributed by atoms with Crippen LogP contribution in [-0.2, 0) is 9.53 Å². The predicted molar refractivity (Wildman–Crippen MR) is 122 cm³/mol. The normalized spacial score (nSPS) is 10.4. The molecule has 2 heterocycles. The highest BCUT2D eigenvalue weighted by atomic mass is 79.9. The predicted octanol–water partition coefficient (Wildman–Crippen LogP) is 5.17. The van der Waals surface area contributed by atoms with Gasteiger partial charge in [0.25, 0.3) is 0 Å². The van der Waals surface area contributed by atoms with Gasteiger partial charge in [0.1, 0.15) is 17.7 Å². The van der Waals surface area contributed by atoms with Crippen molar-refractivity contribution < 1.29 is 23.8 Å². The Morgan fingerprint density at radius 2 is 2.06 bits per heavy atom. The number of rotatable bonds is 6. The molecule has 0 saturated heterocycles. The first-order valence-corrected chi connectivity index (χ1v) is 10.7. The number of benzene rings is 2. The van der Waals surface area contributed by atoms with Crippen LogP contribution in [0, 0.1) is 0 Å². The number of halogens is 1. The molecule has 9 heteroatoms. The first kappa shape index (κ1) is 22.4. The number of aromatic hydroxyl groups is 1. The Hall–Kier alpha value is -3.33. The summed E-state index contributed by atoms with van der Waals surface area (Å²) in [5.41, 5.74) is 2.34. The van der Waals surface area contributed by atoms with Crippen LogP contribution in [0.3, 0.4) is 0 Å². The molecule has 162 valence electrons. The van der Waals surface area contributed by atoms with Crippen LogP contribution in [0.1, 0.15) is 13.3 Å². The minimum absolute atomic E-state index is 0.0458. The molecule has 4 aromatic rings. The molecule has 8 nitrogen and oxygen atoms in total. The SMILES string of the molecule is CCOC(=O)CCBr.COc1cc2c(Nc3ccc4occc4c3)ncnc2cc1O. The van der Waals surface area contributed by atoms with Gasteiger partial charge in [0.15, 0.2) is 11.5 Å². The number of phenolic OH excluding ortho intramolecular Hbond substituents is 1. The number of fused-ring (bicyclic) bond motifs is 2. The maximum absolute atomic E-state index is 10.4. The Balaban J connectivity index is 0.000000293. The van der Waals surface area contributed by atoms with E-state index in [1.54, 1.807) is 25.3 Å². The van der Waals surface area contributed by atoms with E-state index in [1.165, 1.54) is 13.4 Å². The molecule has 0 aliphatic heterocycles. The molecule has 0 aliphatic carbocycles. The van der Waals surface area contributed by atoms with Gasteiger partial charge < -0.3 is 24.3 Å². The molecule has 0 unspecified atom stereocenters. The van der Waals surface area contributed by atoms with E-state index < -0.39 is 0 Å². The number of methoxy groups -OCH3 is 1. The summed E-state index contributed by atoms with van der Waals surface area (Å²) in [4.78, 5) is 18.9. The van der Waals surface area contributed by atoms with Crippen molar-refractivity contribution >= 4 is 55.3 Å². The molecule has 0 saturated carbocycles. The van der Waals surface area contributed by atoms with Crippen molar-refractivity contribution in [3.8, 4) is 11.5 Å². The zero-order valence-electron chi connectivity index (χ0n) is 17.1. The van der Waals surface area contributed by atoms with Crippen molar-refractivity contribution in [1.29, 1.82) is 0 Å². The molecule has 0 bridgehead atoms. The van der Waals surface area contributed by atoms with Gasteiger partial charge in [0.05, 0.1) is 31.9 Å². The van der Waals surface area contributed by atoms with E-state index in [9.17, 15) is 9.90 Å². The third-order valence-corrected chi connectivity index (χ3v) is 4.65. The summed E-state index contributed by atoms with van der Waals surface area (Å²) >= 11 is 3.12. The Kier molecular flexibility index (Phi) is 7.66. The molecule has 4 rings (SSSR count). The fourth-order valence-electron chi connectivity index (χ4n) is 2.83. The van der Waals surface area contributed by atoms with Gasteiger partial charge in [-0.05, 0) is 37.3 Å². The lowest BCUT2D eigenvalue weighted by Crippen LogP contribution is -2.03. The lowest BCUT2D eigenvalue weighted by atomic mass is 10.2. The van der Waals surface area contributed by atoms with Crippen molar-refractivity contribution in [3.05, 3.63) is 49.0 Å². The molecule has 2 aromatic carbocycles. The first-order valence-electron chi connectivity index (χ1n) is 9.53. The minimum Gasteiger partial charge on any atom is -0.504 e. The van der Waals surface area contributed by atoms with Crippen molar-refractivity contribution in [3.63, 3.8) is 0 Å². The minimum atomic E-state index is -0.135. The number of alkyl halides is 1. The second-order valence-electron chi connectivity index (χ2n) is 6.31. The van der Waals surface area contributed by atoms with E-state index in [0.717, 1.165) is 22.0 Å². The zero-order valence-corrected chi connectivity index (χ0v) is 18.7. The fourth-order valence-corrected chi connectivity index (χ4v) is 3.15. The molecule has 0 spiro atoms. The fraction of sp³-hybridized carbons (Fsp3) is 0.227. The van der Waals surface area contributed by atoms with Crippen LogP contribution >= 0.6 is 15.9 Å². The number of anilines is 2. The largest absolute Gasteiger partial charge is 0.504 e. The van der Waals surface area contributed by atoms with E-state index >= 15 is 0 Å². The summed E-state index contributed by atoms with van der Waals surface area (Å²) in [7, 11) is 1.50. The van der Waals surface area contributed by atoms with Crippen LogP contribution in [0.25, 0.3) is 21.9 Å². The lowest BCUT2D eigenvalue weighted by Gasteiger charge is -2.10. The molecule has 0 fully saturated rings. The van der Waals surface area contributed by atoms with Gasteiger partial charge in [0, 0.05) is 27.9 Å². The van der Waals surface area contributed by atoms with Gasteiger partial charge in [-0.1, -0.05) is 15.9 Å². The smallest absolute Gasteiger partial charge is 0.306 e. The van der Waals surface area contributed by atoms with E-state index in [0.29, 0.717) is 35.4 Å². The molecular weight excluding hydrogens is 466 g/mol. The Labute approximate surface area is 187 Å². The molecule has 0 aliphatic rings. The van der Waals surface area contributed by atoms with Crippen LogP contribution in [0.2, 0.25) is 0 Å². The van der Waals surface area contributed by atoms with Gasteiger partial charge in [0.2, 0.25) is 0 Å². The summed E-state index contributed by atoms with van der Waals surface area (Å²) in [5, 5.41) is 15.6. The second kappa shape index (κ2) is 10.6. The third-order valence-electron chi connectivity index (χ3n) is 4.26. The number of carbonyl (C=O) groups excluding carboxylic acids is 1. The molecular formula is C22H22BrN3O5. The van der Waals surface area contributed by atoms with E-state index in [4.69, 9.17) is 9.15 Å². The quantitative estimate of drug-likeness (QED) is 0.283. The zero-order chi connectivity index (χ0) is 22.2. The van der Waals surface area contributed by atoms with Crippen LogP contribution < -0.4 is 10.1 Å². The van der Waals surface area contributed by atoms with Crippen LogP contribution in [0.5, 0.6) is 11.5 Å². The van der Waals surface area contributed by atoms with Crippen molar-refractivity contribution in [2.75, 3.05) is 24.4 Å². The van der Waals surface area contributed by atoms with E-state index in [1.807, 2.05) is 24.3 Å². The molecule has 2 aromatic heterocycles. The number of nitrogens with one attached hydrogen (secondary N) is 1. The number of hydrogen-bond acceptors (Lipinski definition) is 8. The highest BCUT2D eigenvalue weighted by Gasteiger charge is 2.10. The maximum Gasteiger partial charge on any atom is 0.306 e. The van der Waals surface area contributed by atoms with Crippen LogP contribution in [0.15, 0.2) is 53.4 Å². The number of ether oxygens (including phenoxy) is 2. The highest BCUT2D eigenvalue weighted by molar-refractivity contribution is 9.09. The molecule has 0 radical (unpaired) electrons. The van der Waals surface area contributed by atoms with Gasteiger partial charge >= 0.3 is 5.97 Å².